The average molecular weight is 245 g/mol. The highest BCUT2D eigenvalue weighted by molar-refractivity contribution is 5.94. The first-order valence-electron chi connectivity index (χ1n) is 6.08. The summed E-state index contributed by atoms with van der Waals surface area (Å²) in [6.07, 6.45) is 0.860. The standard InChI is InChI=1S/C14H19N3O/c1-10(2)7-13(9-16)17-14(18)12-5-3-11(8-15)4-6-12/h3-6,10,13H,7,9,16H2,1-2H3,(H,17,18). The fourth-order valence-electron chi connectivity index (χ4n) is 1.75. The van der Waals surface area contributed by atoms with Crippen molar-refractivity contribution in [2.75, 3.05) is 6.54 Å². The third kappa shape index (κ3) is 4.19. The zero-order valence-electron chi connectivity index (χ0n) is 10.8. The van der Waals surface area contributed by atoms with Crippen molar-refractivity contribution in [3.05, 3.63) is 35.4 Å². The van der Waals surface area contributed by atoms with Gasteiger partial charge < -0.3 is 11.1 Å². The molecule has 1 atom stereocenters. The van der Waals surface area contributed by atoms with E-state index in [0.717, 1.165) is 6.42 Å². The topological polar surface area (TPSA) is 78.9 Å². The summed E-state index contributed by atoms with van der Waals surface area (Å²) in [6.45, 7) is 4.62. The molecule has 1 aromatic rings. The molecule has 0 aliphatic heterocycles. The van der Waals surface area contributed by atoms with E-state index in [0.29, 0.717) is 23.6 Å². The predicted octanol–water partition coefficient (Wildman–Crippen LogP) is 1.66. The monoisotopic (exact) mass is 245 g/mol. The molecule has 1 rings (SSSR count). The van der Waals surface area contributed by atoms with E-state index in [9.17, 15) is 4.79 Å². The Morgan fingerprint density at radius 3 is 2.44 bits per heavy atom. The summed E-state index contributed by atoms with van der Waals surface area (Å²) in [5.74, 6) is 0.343. The van der Waals surface area contributed by atoms with Gasteiger partial charge in [-0.3, -0.25) is 4.79 Å². The molecule has 0 fully saturated rings. The molecule has 0 saturated heterocycles. The zero-order valence-corrected chi connectivity index (χ0v) is 10.8. The Bertz CT molecular complexity index is 431. The van der Waals surface area contributed by atoms with Gasteiger partial charge in [0.1, 0.15) is 0 Å². The van der Waals surface area contributed by atoms with Gasteiger partial charge in [0.2, 0.25) is 0 Å². The van der Waals surface area contributed by atoms with Gasteiger partial charge in [-0.25, -0.2) is 0 Å². The number of benzene rings is 1. The normalized spacial score (nSPS) is 11.9. The summed E-state index contributed by atoms with van der Waals surface area (Å²) in [5.41, 5.74) is 6.73. The molecule has 0 radical (unpaired) electrons. The molecule has 1 aromatic carbocycles. The summed E-state index contributed by atoms with van der Waals surface area (Å²) in [7, 11) is 0. The number of rotatable bonds is 5. The molecule has 0 bridgehead atoms. The Kier molecular flexibility index (Phi) is 5.34. The van der Waals surface area contributed by atoms with Crippen molar-refractivity contribution in [3.63, 3.8) is 0 Å². The van der Waals surface area contributed by atoms with Crippen LogP contribution in [0.2, 0.25) is 0 Å². The maximum absolute atomic E-state index is 11.9. The van der Waals surface area contributed by atoms with Crippen molar-refractivity contribution in [2.24, 2.45) is 11.7 Å². The largest absolute Gasteiger partial charge is 0.348 e. The van der Waals surface area contributed by atoms with Crippen LogP contribution in [0, 0.1) is 17.2 Å². The minimum Gasteiger partial charge on any atom is -0.348 e. The van der Waals surface area contributed by atoms with Crippen LogP contribution in [0.25, 0.3) is 0 Å². The SMILES string of the molecule is CC(C)CC(CN)NC(=O)c1ccc(C#N)cc1. The second-order valence-corrected chi connectivity index (χ2v) is 4.72. The molecular weight excluding hydrogens is 226 g/mol. The molecule has 4 heteroatoms. The molecule has 18 heavy (non-hydrogen) atoms. The number of amides is 1. The molecule has 0 heterocycles. The predicted molar refractivity (Wildman–Crippen MR) is 70.9 cm³/mol. The summed E-state index contributed by atoms with van der Waals surface area (Å²) in [4.78, 5) is 11.9. The molecule has 3 N–H and O–H groups in total. The van der Waals surface area contributed by atoms with Gasteiger partial charge in [-0.1, -0.05) is 13.8 Å². The molecule has 0 aliphatic rings. The Morgan fingerprint density at radius 1 is 1.39 bits per heavy atom. The number of carbonyl (C=O) groups excluding carboxylic acids is 1. The maximum atomic E-state index is 11.9. The van der Waals surface area contributed by atoms with Crippen LogP contribution < -0.4 is 11.1 Å². The Morgan fingerprint density at radius 2 is 2.00 bits per heavy atom. The van der Waals surface area contributed by atoms with Crippen LogP contribution in [0.4, 0.5) is 0 Å². The van der Waals surface area contributed by atoms with Crippen molar-refractivity contribution in [1.82, 2.24) is 5.32 Å². The number of nitrogens with two attached hydrogens (primary N) is 1. The van der Waals surface area contributed by atoms with Gasteiger partial charge in [0, 0.05) is 18.2 Å². The molecule has 4 nitrogen and oxygen atoms in total. The smallest absolute Gasteiger partial charge is 0.251 e. The fraction of sp³-hybridized carbons (Fsp3) is 0.429. The van der Waals surface area contributed by atoms with Gasteiger partial charge in [0.25, 0.3) is 5.91 Å². The van der Waals surface area contributed by atoms with Crippen molar-refractivity contribution < 1.29 is 4.79 Å². The highest BCUT2D eigenvalue weighted by Gasteiger charge is 2.13. The van der Waals surface area contributed by atoms with Gasteiger partial charge in [-0.05, 0) is 36.6 Å². The second kappa shape index (κ2) is 6.77. The van der Waals surface area contributed by atoms with E-state index in [4.69, 9.17) is 11.0 Å². The van der Waals surface area contributed by atoms with E-state index in [1.807, 2.05) is 6.07 Å². The number of hydrogen-bond donors (Lipinski definition) is 2. The van der Waals surface area contributed by atoms with Crippen LogP contribution in [0.15, 0.2) is 24.3 Å². The minimum atomic E-state index is -0.143. The summed E-state index contributed by atoms with van der Waals surface area (Å²) in [6, 6.07) is 8.58. The molecule has 0 aromatic heterocycles. The van der Waals surface area contributed by atoms with Gasteiger partial charge >= 0.3 is 0 Å². The molecule has 1 unspecified atom stereocenters. The van der Waals surface area contributed by atoms with Crippen molar-refractivity contribution >= 4 is 5.91 Å². The quantitative estimate of drug-likeness (QED) is 0.828. The third-order valence-corrected chi connectivity index (χ3v) is 2.65. The molecule has 0 aliphatic carbocycles. The van der Waals surface area contributed by atoms with E-state index in [2.05, 4.69) is 19.2 Å². The van der Waals surface area contributed by atoms with Crippen LogP contribution in [-0.4, -0.2) is 18.5 Å². The van der Waals surface area contributed by atoms with E-state index in [1.54, 1.807) is 24.3 Å². The first-order chi connectivity index (χ1) is 8.56. The first kappa shape index (κ1) is 14.2. The van der Waals surface area contributed by atoms with Crippen molar-refractivity contribution in [3.8, 4) is 6.07 Å². The van der Waals surface area contributed by atoms with Gasteiger partial charge in [-0.2, -0.15) is 5.26 Å². The average Bonchev–Trinajstić information content (AvgIpc) is 2.37. The van der Waals surface area contributed by atoms with E-state index in [-0.39, 0.29) is 11.9 Å². The molecule has 0 saturated carbocycles. The second-order valence-electron chi connectivity index (χ2n) is 4.72. The van der Waals surface area contributed by atoms with Crippen molar-refractivity contribution in [1.29, 1.82) is 5.26 Å². The highest BCUT2D eigenvalue weighted by atomic mass is 16.1. The number of carbonyl (C=O) groups is 1. The summed E-state index contributed by atoms with van der Waals surface area (Å²) in [5, 5.41) is 11.6. The molecule has 1 amide bonds. The highest BCUT2D eigenvalue weighted by Crippen LogP contribution is 2.07. The first-order valence-corrected chi connectivity index (χ1v) is 6.08. The Balaban J connectivity index is 2.66. The van der Waals surface area contributed by atoms with Crippen LogP contribution in [-0.2, 0) is 0 Å². The number of nitriles is 1. The molecule has 96 valence electrons. The Labute approximate surface area is 108 Å². The third-order valence-electron chi connectivity index (χ3n) is 2.65. The van der Waals surface area contributed by atoms with Gasteiger partial charge in [-0.15, -0.1) is 0 Å². The number of nitrogens with zero attached hydrogens (tertiary/aromatic N) is 1. The Hall–Kier alpha value is -1.86. The van der Waals surface area contributed by atoms with Crippen LogP contribution in [0.5, 0.6) is 0 Å². The lowest BCUT2D eigenvalue weighted by molar-refractivity contribution is 0.0934. The van der Waals surface area contributed by atoms with Crippen LogP contribution in [0.3, 0.4) is 0 Å². The van der Waals surface area contributed by atoms with Gasteiger partial charge in [0.05, 0.1) is 11.6 Å². The van der Waals surface area contributed by atoms with Crippen LogP contribution in [0.1, 0.15) is 36.2 Å². The molecular formula is C14H19N3O. The van der Waals surface area contributed by atoms with Gasteiger partial charge in [0.15, 0.2) is 0 Å². The van der Waals surface area contributed by atoms with E-state index < -0.39 is 0 Å². The van der Waals surface area contributed by atoms with Crippen molar-refractivity contribution in [2.45, 2.75) is 26.3 Å². The summed E-state index contributed by atoms with van der Waals surface area (Å²) >= 11 is 0. The molecule has 0 spiro atoms. The van der Waals surface area contributed by atoms with E-state index in [1.165, 1.54) is 0 Å². The lowest BCUT2D eigenvalue weighted by atomic mass is 10.0. The lowest BCUT2D eigenvalue weighted by Gasteiger charge is -2.18. The summed E-state index contributed by atoms with van der Waals surface area (Å²) < 4.78 is 0. The fourth-order valence-corrected chi connectivity index (χ4v) is 1.75. The van der Waals surface area contributed by atoms with Crippen LogP contribution >= 0.6 is 0 Å². The maximum Gasteiger partial charge on any atom is 0.251 e. The lowest BCUT2D eigenvalue weighted by Crippen LogP contribution is -2.41. The minimum absolute atomic E-state index is 0.00635. The number of hydrogen-bond acceptors (Lipinski definition) is 3. The van der Waals surface area contributed by atoms with E-state index >= 15 is 0 Å². The number of nitrogens with one attached hydrogen (secondary N) is 1. The zero-order chi connectivity index (χ0) is 13.5.